The lowest BCUT2D eigenvalue weighted by Gasteiger charge is -2.27. The maximum atomic E-state index is 13.0. The maximum Gasteiger partial charge on any atom is 0.451 e. The molecular weight excluding hydrogens is 517 g/mol. The third kappa shape index (κ3) is 5.74. The van der Waals surface area contributed by atoms with Crippen molar-refractivity contribution in [1.29, 1.82) is 5.26 Å². The monoisotopic (exact) mass is 542 g/mol. The van der Waals surface area contributed by atoms with E-state index < -0.39 is 44.4 Å². The van der Waals surface area contributed by atoms with Crippen molar-refractivity contribution in [3.63, 3.8) is 0 Å². The number of nitrogens with zero attached hydrogens (tertiary/aromatic N) is 6. The summed E-state index contributed by atoms with van der Waals surface area (Å²) in [6, 6.07) is 3.32. The van der Waals surface area contributed by atoms with Crippen molar-refractivity contribution in [3.05, 3.63) is 35.7 Å². The van der Waals surface area contributed by atoms with Gasteiger partial charge in [-0.05, 0) is 25.3 Å². The van der Waals surface area contributed by atoms with Crippen LogP contribution >= 0.6 is 11.3 Å². The van der Waals surface area contributed by atoms with E-state index in [9.17, 15) is 26.9 Å². The highest BCUT2D eigenvalue weighted by atomic mass is 32.2. The molecule has 0 fully saturated rings. The molecule has 3 aromatic heterocycles. The first-order valence-corrected chi connectivity index (χ1v) is 13.6. The summed E-state index contributed by atoms with van der Waals surface area (Å²) >= 11 is 1.08. The van der Waals surface area contributed by atoms with Gasteiger partial charge in [0.05, 0.1) is 21.8 Å². The van der Waals surface area contributed by atoms with Crippen LogP contribution in [0.25, 0.3) is 21.1 Å². The number of thiazole rings is 1. The van der Waals surface area contributed by atoms with Crippen molar-refractivity contribution >= 4 is 21.2 Å². The van der Waals surface area contributed by atoms with E-state index in [0.717, 1.165) is 23.8 Å². The molecule has 0 aliphatic heterocycles. The maximum absolute atomic E-state index is 13.0. The zero-order chi connectivity index (χ0) is 27.1. The van der Waals surface area contributed by atoms with Crippen molar-refractivity contribution in [2.24, 2.45) is 5.41 Å². The van der Waals surface area contributed by atoms with Gasteiger partial charge in [0.1, 0.15) is 22.6 Å². The van der Waals surface area contributed by atoms with E-state index in [4.69, 9.17) is 4.74 Å². The van der Waals surface area contributed by atoms with Crippen molar-refractivity contribution in [2.75, 3.05) is 12.9 Å². The standard InChI is InChI=1S/C22H25F3N6O3S2/c1-7-34-12(2)31-16(8-14(30-31)18(21(3,4)5)36(6,32)33)17-11-27-19(35-17)13-10-28-20(22(23,24)25)29-15(13)9-26/h8,10-12,18H,7H2,1-6H3. The molecule has 3 rings (SSSR count). The van der Waals surface area contributed by atoms with E-state index in [2.05, 4.69) is 20.1 Å². The number of alkyl halides is 3. The average molecular weight is 543 g/mol. The summed E-state index contributed by atoms with van der Waals surface area (Å²) < 4.78 is 71.5. The molecule has 3 heterocycles. The first-order chi connectivity index (χ1) is 16.6. The molecule has 36 heavy (non-hydrogen) atoms. The van der Waals surface area contributed by atoms with Crippen LogP contribution in [0.1, 0.15) is 63.3 Å². The van der Waals surface area contributed by atoms with E-state index >= 15 is 0 Å². The number of hydrogen-bond acceptors (Lipinski definition) is 9. The molecule has 0 amide bonds. The molecule has 0 bridgehead atoms. The van der Waals surface area contributed by atoms with E-state index in [0.29, 0.717) is 22.9 Å². The van der Waals surface area contributed by atoms with Gasteiger partial charge >= 0.3 is 6.18 Å². The number of ether oxygens (including phenoxy) is 1. The highest BCUT2D eigenvalue weighted by Crippen LogP contribution is 2.42. The predicted octanol–water partition coefficient (Wildman–Crippen LogP) is 5.04. The van der Waals surface area contributed by atoms with Gasteiger partial charge in [0.15, 0.2) is 15.5 Å². The smallest absolute Gasteiger partial charge is 0.357 e. The summed E-state index contributed by atoms with van der Waals surface area (Å²) in [4.78, 5) is 11.5. The second-order valence-electron chi connectivity index (χ2n) is 9.12. The Morgan fingerprint density at radius 2 is 1.89 bits per heavy atom. The van der Waals surface area contributed by atoms with Gasteiger partial charge in [-0.25, -0.2) is 28.1 Å². The van der Waals surface area contributed by atoms with Crippen molar-refractivity contribution in [2.45, 2.75) is 52.3 Å². The molecule has 0 aliphatic rings. The predicted molar refractivity (Wildman–Crippen MR) is 127 cm³/mol. The number of halogens is 3. The van der Waals surface area contributed by atoms with E-state index in [-0.39, 0.29) is 10.6 Å². The second kappa shape index (κ2) is 9.87. The van der Waals surface area contributed by atoms with Gasteiger partial charge in [-0.15, -0.1) is 11.3 Å². The van der Waals surface area contributed by atoms with Crippen LogP contribution in [-0.4, -0.2) is 46.0 Å². The van der Waals surface area contributed by atoms with Crippen LogP contribution in [0, 0.1) is 16.7 Å². The van der Waals surface area contributed by atoms with Gasteiger partial charge in [0.2, 0.25) is 5.82 Å². The lowest BCUT2D eigenvalue weighted by atomic mass is 9.90. The highest BCUT2D eigenvalue weighted by molar-refractivity contribution is 7.91. The Balaban J connectivity index is 2.15. The van der Waals surface area contributed by atoms with Gasteiger partial charge in [-0.1, -0.05) is 20.8 Å². The van der Waals surface area contributed by atoms with Gasteiger partial charge < -0.3 is 4.74 Å². The third-order valence-electron chi connectivity index (χ3n) is 5.13. The van der Waals surface area contributed by atoms with Crippen LogP contribution in [0.3, 0.4) is 0 Å². The Kier molecular flexibility index (Phi) is 7.59. The number of nitriles is 1. The van der Waals surface area contributed by atoms with Crippen LogP contribution in [0.15, 0.2) is 18.5 Å². The van der Waals surface area contributed by atoms with Gasteiger partial charge in [-0.3, -0.25) is 0 Å². The number of sulfone groups is 1. The average Bonchev–Trinajstić information content (AvgIpc) is 3.38. The molecule has 0 N–H and O–H groups in total. The molecule has 0 saturated carbocycles. The molecule has 0 spiro atoms. The van der Waals surface area contributed by atoms with Crippen LogP contribution in [-0.2, 0) is 20.8 Å². The van der Waals surface area contributed by atoms with E-state index in [1.807, 2.05) is 27.7 Å². The Bertz CT molecular complexity index is 1400. The zero-order valence-electron chi connectivity index (χ0n) is 20.5. The van der Waals surface area contributed by atoms with Crippen LogP contribution in [0.2, 0.25) is 0 Å². The SMILES string of the molecule is CCOC(C)n1nc(C(C(C)(C)C)S(C)(=O)=O)cc1-c1cnc(-c2cnc(C(F)(F)F)nc2C#N)s1. The van der Waals surface area contributed by atoms with Crippen molar-refractivity contribution in [1.82, 2.24) is 24.7 Å². The Labute approximate surface area is 210 Å². The minimum absolute atomic E-state index is 0.0506. The molecule has 2 unspecified atom stereocenters. The quantitative estimate of drug-likeness (QED) is 0.407. The fourth-order valence-corrected chi connectivity index (χ4v) is 6.67. The largest absolute Gasteiger partial charge is 0.451 e. The summed E-state index contributed by atoms with van der Waals surface area (Å²) in [5, 5.41) is 13.3. The molecule has 0 aromatic carbocycles. The molecule has 9 nitrogen and oxygen atoms in total. The molecular formula is C22H25F3N6O3S2. The Hall–Kier alpha value is -2.89. The van der Waals surface area contributed by atoms with Gasteiger partial charge in [0.25, 0.3) is 0 Å². The van der Waals surface area contributed by atoms with Crippen LogP contribution in [0.5, 0.6) is 0 Å². The number of hydrogen-bond donors (Lipinski definition) is 0. The van der Waals surface area contributed by atoms with Crippen LogP contribution < -0.4 is 0 Å². The molecule has 2 atom stereocenters. The summed E-state index contributed by atoms with van der Waals surface area (Å²) in [7, 11) is -3.54. The topological polar surface area (TPSA) is 124 Å². The second-order valence-corrected chi connectivity index (χ2v) is 12.3. The molecule has 0 saturated heterocycles. The minimum atomic E-state index is -4.79. The zero-order valence-corrected chi connectivity index (χ0v) is 22.1. The fourth-order valence-electron chi connectivity index (χ4n) is 3.90. The summed E-state index contributed by atoms with van der Waals surface area (Å²) in [6.45, 7) is 9.38. The lowest BCUT2D eigenvalue weighted by Crippen LogP contribution is -2.26. The Morgan fingerprint density at radius 3 is 2.42 bits per heavy atom. The first-order valence-electron chi connectivity index (χ1n) is 10.8. The van der Waals surface area contributed by atoms with Crippen molar-refractivity contribution < 1.29 is 26.3 Å². The molecule has 0 aliphatic carbocycles. The van der Waals surface area contributed by atoms with Crippen LogP contribution in [0.4, 0.5) is 13.2 Å². The van der Waals surface area contributed by atoms with Gasteiger partial charge in [0, 0.05) is 25.3 Å². The highest BCUT2D eigenvalue weighted by Gasteiger charge is 2.38. The summed E-state index contributed by atoms with van der Waals surface area (Å²) in [5.74, 6) is -1.41. The molecule has 194 valence electrons. The minimum Gasteiger partial charge on any atom is -0.357 e. The number of aromatic nitrogens is 5. The van der Waals surface area contributed by atoms with E-state index in [1.165, 1.54) is 6.20 Å². The van der Waals surface area contributed by atoms with Gasteiger partial charge in [-0.2, -0.15) is 23.5 Å². The molecule has 0 radical (unpaired) electrons. The lowest BCUT2D eigenvalue weighted by molar-refractivity contribution is -0.145. The molecule has 3 aromatic rings. The number of rotatable bonds is 7. The summed E-state index contributed by atoms with van der Waals surface area (Å²) in [5.41, 5.74) is -0.220. The van der Waals surface area contributed by atoms with E-state index in [1.54, 1.807) is 23.7 Å². The normalized spacial score (nSPS) is 14.4. The fraction of sp³-hybridized carbons (Fsp3) is 0.500. The third-order valence-corrected chi connectivity index (χ3v) is 7.99. The summed E-state index contributed by atoms with van der Waals surface area (Å²) in [6.07, 6.45) is -1.79. The Morgan fingerprint density at radius 1 is 1.22 bits per heavy atom. The molecule has 14 heteroatoms. The van der Waals surface area contributed by atoms with Crippen molar-refractivity contribution in [3.8, 4) is 27.2 Å². The first kappa shape index (κ1) is 27.7.